The zero-order chi connectivity index (χ0) is 13.8. The first-order chi connectivity index (χ1) is 9.13. The molecule has 2 atom stereocenters. The standard InChI is InChI=1S/C17H28N2/c1-13-8-9-16(11-14(13)2)15(3)19-10-6-5-7-17(19)12-18-4/h8-9,11,15,17-18H,5-7,10,12H2,1-4H3. The molecule has 1 aromatic carbocycles. The number of likely N-dealkylation sites (N-methyl/N-ethyl adjacent to an activating group) is 1. The van der Waals surface area contributed by atoms with Crippen LogP contribution in [-0.4, -0.2) is 31.1 Å². The Morgan fingerprint density at radius 2 is 2.05 bits per heavy atom. The lowest BCUT2D eigenvalue weighted by molar-refractivity contribution is 0.103. The summed E-state index contributed by atoms with van der Waals surface area (Å²) in [6.07, 6.45) is 4.05. The van der Waals surface area contributed by atoms with Crippen LogP contribution in [0.25, 0.3) is 0 Å². The molecule has 0 amide bonds. The molecule has 2 rings (SSSR count). The number of likely N-dealkylation sites (tertiary alicyclic amines) is 1. The first kappa shape index (κ1) is 14.5. The number of hydrogen-bond donors (Lipinski definition) is 1. The van der Waals surface area contributed by atoms with E-state index < -0.39 is 0 Å². The molecule has 0 aliphatic carbocycles. The van der Waals surface area contributed by atoms with Gasteiger partial charge in [-0.15, -0.1) is 0 Å². The SMILES string of the molecule is CNCC1CCCCN1C(C)c1ccc(C)c(C)c1. The predicted molar refractivity (Wildman–Crippen MR) is 82.6 cm³/mol. The number of hydrogen-bond acceptors (Lipinski definition) is 2. The summed E-state index contributed by atoms with van der Waals surface area (Å²) in [5.74, 6) is 0. The first-order valence-corrected chi connectivity index (χ1v) is 7.61. The van der Waals surface area contributed by atoms with Gasteiger partial charge in [-0.3, -0.25) is 4.90 Å². The molecule has 0 radical (unpaired) electrons. The number of rotatable bonds is 4. The molecule has 2 unspecified atom stereocenters. The molecule has 1 fully saturated rings. The van der Waals surface area contributed by atoms with E-state index in [1.54, 1.807) is 0 Å². The fourth-order valence-corrected chi connectivity index (χ4v) is 3.20. The van der Waals surface area contributed by atoms with Crippen LogP contribution in [0.5, 0.6) is 0 Å². The van der Waals surface area contributed by atoms with E-state index in [1.807, 2.05) is 0 Å². The summed E-state index contributed by atoms with van der Waals surface area (Å²) in [7, 11) is 2.06. The maximum absolute atomic E-state index is 3.35. The van der Waals surface area contributed by atoms with E-state index in [-0.39, 0.29) is 0 Å². The minimum absolute atomic E-state index is 0.526. The van der Waals surface area contributed by atoms with Crippen LogP contribution < -0.4 is 5.32 Å². The number of nitrogens with zero attached hydrogens (tertiary/aromatic N) is 1. The van der Waals surface area contributed by atoms with E-state index in [9.17, 15) is 0 Å². The molecule has 1 aliphatic heterocycles. The fraction of sp³-hybridized carbons (Fsp3) is 0.647. The summed E-state index contributed by atoms with van der Waals surface area (Å²) in [4.78, 5) is 2.68. The summed E-state index contributed by atoms with van der Waals surface area (Å²) in [5.41, 5.74) is 4.26. The minimum Gasteiger partial charge on any atom is -0.318 e. The van der Waals surface area contributed by atoms with Crippen LogP contribution in [0, 0.1) is 13.8 Å². The Bertz CT molecular complexity index is 412. The molecule has 0 bridgehead atoms. The summed E-state index contributed by atoms with van der Waals surface area (Å²) in [6, 6.07) is 8.15. The molecular formula is C17H28N2. The number of benzene rings is 1. The summed E-state index contributed by atoms with van der Waals surface area (Å²) >= 11 is 0. The van der Waals surface area contributed by atoms with Gasteiger partial charge >= 0.3 is 0 Å². The Hall–Kier alpha value is -0.860. The molecule has 1 saturated heterocycles. The van der Waals surface area contributed by atoms with Crippen LogP contribution in [0.3, 0.4) is 0 Å². The third kappa shape index (κ3) is 3.37. The van der Waals surface area contributed by atoms with E-state index in [0.29, 0.717) is 12.1 Å². The first-order valence-electron chi connectivity index (χ1n) is 7.61. The molecule has 0 spiro atoms. The Morgan fingerprint density at radius 1 is 1.26 bits per heavy atom. The van der Waals surface area contributed by atoms with Gasteiger partial charge in [-0.05, 0) is 63.9 Å². The van der Waals surface area contributed by atoms with Crippen molar-refractivity contribution in [2.24, 2.45) is 0 Å². The molecule has 2 nitrogen and oxygen atoms in total. The highest BCUT2D eigenvalue weighted by molar-refractivity contribution is 5.31. The van der Waals surface area contributed by atoms with Crippen molar-refractivity contribution in [3.8, 4) is 0 Å². The van der Waals surface area contributed by atoms with Crippen LogP contribution in [0.1, 0.15) is 48.9 Å². The maximum Gasteiger partial charge on any atom is 0.0323 e. The molecule has 1 heterocycles. The predicted octanol–water partition coefficient (Wildman–Crippen LogP) is 3.44. The van der Waals surface area contributed by atoms with Crippen molar-refractivity contribution in [2.45, 2.75) is 52.1 Å². The lowest BCUT2D eigenvalue weighted by Crippen LogP contribution is -2.45. The van der Waals surface area contributed by atoms with Gasteiger partial charge in [0.1, 0.15) is 0 Å². The minimum atomic E-state index is 0.526. The van der Waals surface area contributed by atoms with Gasteiger partial charge in [-0.2, -0.15) is 0 Å². The van der Waals surface area contributed by atoms with Crippen LogP contribution in [0.15, 0.2) is 18.2 Å². The van der Waals surface area contributed by atoms with Gasteiger partial charge in [0.2, 0.25) is 0 Å². The molecule has 1 aliphatic rings. The summed E-state index contributed by atoms with van der Waals surface area (Å²) in [5, 5.41) is 3.35. The molecule has 106 valence electrons. The fourth-order valence-electron chi connectivity index (χ4n) is 3.20. The van der Waals surface area contributed by atoms with Gasteiger partial charge in [-0.1, -0.05) is 24.6 Å². The highest BCUT2D eigenvalue weighted by atomic mass is 15.2. The second-order valence-corrected chi connectivity index (χ2v) is 5.96. The molecule has 1 aromatic rings. The molecule has 0 saturated carbocycles. The van der Waals surface area contributed by atoms with E-state index in [4.69, 9.17) is 0 Å². The van der Waals surface area contributed by atoms with Crippen molar-refractivity contribution in [3.63, 3.8) is 0 Å². The zero-order valence-electron chi connectivity index (χ0n) is 12.9. The van der Waals surface area contributed by atoms with Crippen LogP contribution in [0.4, 0.5) is 0 Å². The lowest BCUT2D eigenvalue weighted by Gasteiger charge is -2.40. The Morgan fingerprint density at radius 3 is 2.74 bits per heavy atom. The molecule has 0 aromatic heterocycles. The molecular weight excluding hydrogens is 232 g/mol. The van der Waals surface area contributed by atoms with Crippen molar-refractivity contribution in [3.05, 3.63) is 34.9 Å². The summed E-state index contributed by atoms with van der Waals surface area (Å²) < 4.78 is 0. The summed E-state index contributed by atoms with van der Waals surface area (Å²) in [6.45, 7) is 9.11. The second-order valence-electron chi connectivity index (χ2n) is 5.96. The van der Waals surface area contributed by atoms with Crippen molar-refractivity contribution >= 4 is 0 Å². The normalized spacial score (nSPS) is 22.4. The highest BCUT2D eigenvalue weighted by Crippen LogP contribution is 2.29. The quantitative estimate of drug-likeness (QED) is 0.892. The molecule has 2 heteroatoms. The van der Waals surface area contributed by atoms with E-state index in [1.165, 1.54) is 42.5 Å². The lowest BCUT2D eigenvalue weighted by atomic mass is 9.95. The average molecular weight is 260 g/mol. The van der Waals surface area contributed by atoms with E-state index >= 15 is 0 Å². The monoisotopic (exact) mass is 260 g/mol. The van der Waals surface area contributed by atoms with Gasteiger partial charge in [0, 0.05) is 18.6 Å². The smallest absolute Gasteiger partial charge is 0.0323 e. The van der Waals surface area contributed by atoms with Gasteiger partial charge < -0.3 is 5.32 Å². The third-order valence-corrected chi connectivity index (χ3v) is 4.62. The third-order valence-electron chi connectivity index (χ3n) is 4.62. The largest absolute Gasteiger partial charge is 0.318 e. The second kappa shape index (κ2) is 6.53. The molecule has 19 heavy (non-hydrogen) atoms. The van der Waals surface area contributed by atoms with Gasteiger partial charge in [0.25, 0.3) is 0 Å². The van der Waals surface area contributed by atoms with E-state index in [0.717, 1.165) is 6.54 Å². The highest BCUT2D eigenvalue weighted by Gasteiger charge is 2.26. The van der Waals surface area contributed by atoms with Gasteiger partial charge in [-0.25, -0.2) is 0 Å². The van der Waals surface area contributed by atoms with Crippen molar-refractivity contribution < 1.29 is 0 Å². The number of aryl methyl sites for hydroxylation is 2. The Balaban J connectivity index is 2.15. The average Bonchev–Trinajstić information content (AvgIpc) is 2.42. The van der Waals surface area contributed by atoms with Crippen LogP contribution in [0.2, 0.25) is 0 Å². The van der Waals surface area contributed by atoms with Gasteiger partial charge in [0.15, 0.2) is 0 Å². The van der Waals surface area contributed by atoms with Crippen molar-refractivity contribution in [2.75, 3.05) is 20.1 Å². The zero-order valence-corrected chi connectivity index (χ0v) is 12.9. The van der Waals surface area contributed by atoms with Crippen LogP contribution in [-0.2, 0) is 0 Å². The topological polar surface area (TPSA) is 15.3 Å². The number of nitrogens with one attached hydrogen (secondary N) is 1. The van der Waals surface area contributed by atoms with E-state index in [2.05, 4.69) is 56.2 Å². The maximum atomic E-state index is 3.35. The molecule has 1 N–H and O–H groups in total. The van der Waals surface area contributed by atoms with Gasteiger partial charge in [0.05, 0.1) is 0 Å². The van der Waals surface area contributed by atoms with Crippen molar-refractivity contribution in [1.29, 1.82) is 0 Å². The Kier molecular flexibility index (Phi) is 5.00. The number of piperidine rings is 1. The Labute approximate surface area is 118 Å². The van der Waals surface area contributed by atoms with Crippen molar-refractivity contribution in [1.82, 2.24) is 10.2 Å². The van der Waals surface area contributed by atoms with Crippen LogP contribution >= 0.6 is 0 Å².